The van der Waals surface area contributed by atoms with Crippen LogP contribution in [0.5, 0.6) is 0 Å². The van der Waals surface area contributed by atoms with Crippen LogP contribution >= 0.6 is 7.60 Å². The Labute approximate surface area is 122 Å². The summed E-state index contributed by atoms with van der Waals surface area (Å²) in [4.78, 5) is 35.9. The number of primary amides is 1. The predicted molar refractivity (Wildman–Crippen MR) is 68.8 cm³/mol. The van der Waals surface area contributed by atoms with E-state index >= 15 is 0 Å². The Balaban J connectivity index is 2.48. The molecule has 0 aromatic carbocycles. The first-order valence-electron chi connectivity index (χ1n) is 5.89. The maximum Gasteiger partial charge on any atom is 0.357 e. The number of imidazole rings is 1. The van der Waals surface area contributed by atoms with Gasteiger partial charge in [0.15, 0.2) is 5.85 Å². The topological polar surface area (TPSA) is 225 Å². The molecule has 2 unspecified atom stereocenters. The van der Waals surface area contributed by atoms with Gasteiger partial charge in [0.2, 0.25) is 5.60 Å². The van der Waals surface area contributed by atoms with E-state index in [9.17, 15) is 24.7 Å². The van der Waals surface area contributed by atoms with Crippen molar-refractivity contribution in [3.05, 3.63) is 12.0 Å². The van der Waals surface area contributed by atoms with Gasteiger partial charge in [0.05, 0.1) is 6.20 Å². The molecule has 0 radical (unpaired) electrons. The molecule has 1 amide bonds. The van der Waals surface area contributed by atoms with Crippen LogP contribution in [0.2, 0.25) is 0 Å². The first-order chi connectivity index (χ1) is 10.0. The van der Waals surface area contributed by atoms with Crippen LogP contribution in [-0.4, -0.2) is 64.6 Å². The summed E-state index contributed by atoms with van der Waals surface area (Å²) in [5.41, 5.74) is 7.52. The third kappa shape index (κ3) is 2.40. The molecule has 2 rings (SSSR count). The van der Waals surface area contributed by atoms with Gasteiger partial charge < -0.3 is 46.3 Å². The van der Waals surface area contributed by atoms with Crippen LogP contribution in [0.4, 0.5) is 5.82 Å². The maximum absolute atomic E-state index is 11.6. The number of ether oxygens (including phenoxy) is 1. The van der Waals surface area contributed by atoms with Gasteiger partial charge in [-0.25, -0.2) is 4.98 Å². The Morgan fingerprint density at radius 1 is 1.50 bits per heavy atom. The first kappa shape index (κ1) is 16.8. The number of aliphatic hydroxyl groups is 3. The van der Waals surface area contributed by atoms with Crippen molar-refractivity contribution in [3.8, 4) is 0 Å². The number of anilines is 1. The summed E-state index contributed by atoms with van der Waals surface area (Å²) in [7, 11) is -5.30. The molecule has 5 atom stereocenters. The van der Waals surface area contributed by atoms with Crippen LogP contribution in [0, 0.1) is 0 Å². The number of aliphatic hydroxyl groups excluding tert-OH is 3. The minimum absolute atomic E-state index is 0.0763. The van der Waals surface area contributed by atoms with Crippen LogP contribution < -0.4 is 11.5 Å². The summed E-state index contributed by atoms with van der Waals surface area (Å²) in [5.74, 6) is -4.38. The first-order valence-corrected chi connectivity index (χ1v) is 7.57. The summed E-state index contributed by atoms with van der Waals surface area (Å²) in [6.07, 6.45) is -4.41. The highest BCUT2D eigenvalue weighted by atomic mass is 31.2. The van der Waals surface area contributed by atoms with E-state index in [1.165, 1.54) is 0 Å². The molecule has 0 saturated carbocycles. The largest absolute Gasteiger partial charge is 0.387 e. The van der Waals surface area contributed by atoms with E-state index in [1.807, 2.05) is 0 Å². The van der Waals surface area contributed by atoms with Crippen LogP contribution in [0.15, 0.2) is 6.20 Å². The molecule has 10 N–H and O–H groups in total. The molecule has 12 nitrogen and oxygen atoms in total. The zero-order valence-electron chi connectivity index (χ0n) is 10.9. The van der Waals surface area contributed by atoms with Crippen molar-refractivity contribution in [2.24, 2.45) is 5.73 Å². The number of nitrogens with two attached hydrogens (primary N) is 2. The quantitative estimate of drug-likeness (QED) is 0.253. The number of carbonyl (C=O) groups is 1. The summed E-state index contributed by atoms with van der Waals surface area (Å²) < 4.78 is 16.3. The van der Waals surface area contributed by atoms with Crippen molar-refractivity contribution in [2.45, 2.75) is 29.8 Å². The second kappa shape index (κ2) is 5.28. The molecule has 1 fully saturated rings. The molecular weight excluding hydrogens is 323 g/mol. The van der Waals surface area contributed by atoms with Gasteiger partial charge in [-0.15, -0.1) is 0 Å². The van der Waals surface area contributed by atoms with Gasteiger partial charge in [0.1, 0.15) is 30.0 Å². The number of aromatic nitrogens is 2. The van der Waals surface area contributed by atoms with Gasteiger partial charge >= 0.3 is 7.60 Å². The standard InChI is InChI=1S/C9H15N4O8P/c10-2-1-12-6(13-2)4-3(14)5(15)9(21-4,7(11)16)8(17)22(18,19)20/h1,3-5,8,14-15,17H,10H2,(H2,11,16)(H,12,13)(H2,18,19,20)/t3-,4?,5-,8?,9+/m0/s1. The lowest BCUT2D eigenvalue weighted by Crippen LogP contribution is -2.60. The van der Waals surface area contributed by atoms with Gasteiger partial charge in [-0.05, 0) is 0 Å². The second-order valence-corrected chi connectivity index (χ2v) is 6.49. The lowest BCUT2D eigenvalue weighted by Gasteiger charge is -2.33. The Morgan fingerprint density at radius 2 is 2.09 bits per heavy atom. The lowest BCUT2D eigenvalue weighted by atomic mass is 9.94. The maximum atomic E-state index is 11.6. The zero-order chi connectivity index (χ0) is 16.9. The Kier molecular flexibility index (Phi) is 4.04. The SMILES string of the molecule is NC(=O)[C@]1(C(O)P(=O)(O)O)OC(c2ncc(N)[nH]2)[C@H](O)[C@@H]1O. The summed E-state index contributed by atoms with van der Waals surface area (Å²) >= 11 is 0. The molecule has 1 aliphatic rings. The minimum atomic E-state index is -5.30. The fraction of sp³-hybridized carbons (Fsp3) is 0.556. The molecule has 1 saturated heterocycles. The molecule has 22 heavy (non-hydrogen) atoms. The van der Waals surface area contributed by atoms with E-state index in [0.717, 1.165) is 6.20 Å². The number of hydrogen-bond acceptors (Lipinski definition) is 8. The highest BCUT2D eigenvalue weighted by Crippen LogP contribution is 2.52. The van der Waals surface area contributed by atoms with Gasteiger partial charge in [-0.2, -0.15) is 0 Å². The number of aromatic amines is 1. The number of rotatable bonds is 4. The number of hydrogen-bond donors (Lipinski definition) is 8. The molecule has 124 valence electrons. The summed E-state index contributed by atoms with van der Waals surface area (Å²) in [6, 6.07) is 0. The van der Waals surface area contributed by atoms with E-state index in [-0.39, 0.29) is 11.6 Å². The van der Waals surface area contributed by atoms with Crippen LogP contribution in [-0.2, 0) is 14.1 Å². The number of nitrogens with one attached hydrogen (secondary N) is 1. The van der Waals surface area contributed by atoms with E-state index in [0.29, 0.717) is 0 Å². The highest BCUT2D eigenvalue weighted by molar-refractivity contribution is 7.52. The molecule has 13 heteroatoms. The van der Waals surface area contributed by atoms with Crippen molar-refractivity contribution in [3.63, 3.8) is 0 Å². The lowest BCUT2D eigenvalue weighted by molar-refractivity contribution is -0.166. The number of amides is 1. The molecular formula is C9H15N4O8P. The van der Waals surface area contributed by atoms with Crippen LogP contribution in [0.3, 0.4) is 0 Å². The number of nitrogen functional groups attached to an aromatic ring is 1. The van der Waals surface area contributed by atoms with E-state index < -0.39 is 43.3 Å². The van der Waals surface area contributed by atoms with E-state index in [2.05, 4.69) is 9.97 Å². The van der Waals surface area contributed by atoms with Crippen LogP contribution in [0.25, 0.3) is 0 Å². The molecule has 1 aromatic rings. The highest BCUT2D eigenvalue weighted by Gasteiger charge is 2.66. The van der Waals surface area contributed by atoms with Gasteiger partial charge in [-0.3, -0.25) is 9.36 Å². The molecule has 1 aliphatic heterocycles. The van der Waals surface area contributed by atoms with E-state index in [1.54, 1.807) is 0 Å². The van der Waals surface area contributed by atoms with Crippen molar-refractivity contribution in [1.82, 2.24) is 9.97 Å². The fourth-order valence-corrected chi connectivity index (χ4v) is 3.12. The Morgan fingerprint density at radius 3 is 2.50 bits per heavy atom. The normalized spacial score (nSPS) is 33.8. The number of nitrogens with zero attached hydrogens (tertiary/aromatic N) is 1. The molecule has 2 heterocycles. The Hall–Kier alpha value is -1.53. The number of H-pyrrole nitrogens is 1. The summed E-state index contributed by atoms with van der Waals surface area (Å²) in [6.45, 7) is 0. The summed E-state index contributed by atoms with van der Waals surface area (Å²) in [5, 5.41) is 29.7. The van der Waals surface area contributed by atoms with Crippen molar-refractivity contribution in [2.75, 3.05) is 5.73 Å². The van der Waals surface area contributed by atoms with Crippen LogP contribution in [0.1, 0.15) is 11.9 Å². The van der Waals surface area contributed by atoms with Crippen molar-refractivity contribution < 1.29 is 39.2 Å². The van der Waals surface area contributed by atoms with Gasteiger partial charge in [0.25, 0.3) is 5.91 Å². The second-order valence-electron chi connectivity index (χ2n) is 4.82. The zero-order valence-corrected chi connectivity index (χ0v) is 11.8. The van der Waals surface area contributed by atoms with Gasteiger partial charge in [0, 0.05) is 0 Å². The predicted octanol–water partition coefficient (Wildman–Crippen LogP) is -3.49. The monoisotopic (exact) mass is 338 g/mol. The third-order valence-electron chi connectivity index (χ3n) is 3.37. The molecule has 0 spiro atoms. The molecule has 0 aliphatic carbocycles. The fourth-order valence-electron chi connectivity index (χ4n) is 2.28. The minimum Gasteiger partial charge on any atom is -0.387 e. The average molecular weight is 338 g/mol. The number of carbonyl (C=O) groups excluding carboxylic acids is 1. The van der Waals surface area contributed by atoms with Crippen molar-refractivity contribution >= 4 is 19.3 Å². The third-order valence-corrected chi connectivity index (χ3v) is 4.39. The average Bonchev–Trinajstić information content (AvgIpc) is 2.93. The van der Waals surface area contributed by atoms with E-state index in [4.69, 9.17) is 26.0 Å². The smallest absolute Gasteiger partial charge is 0.357 e. The molecule has 1 aromatic heterocycles. The van der Waals surface area contributed by atoms with Gasteiger partial charge in [-0.1, -0.05) is 0 Å². The van der Waals surface area contributed by atoms with Crippen molar-refractivity contribution in [1.29, 1.82) is 0 Å². The Bertz CT molecular complexity index is 631. The molecule has 0 bridgehead atoms.